The Morgan fingerprint density at radius 2 is 2.10 bits per heavy atom. The minimum absolute atomic E-state index is 0.312. The van der Waals surface area contributed by atoms with E-state index in [1.807, 2.05) is 12.1 Å². The third-order valence-electron chi connectivity index (χ3n) is 3.96. The number of fused-ring (bicyclic) bond motifs is 2. The molecule has 1 aromatic heterocycles. The van der Waals surface area contributed by atoms with Crippen LogP contribution in [0.1, 0.15) is 16.8 Å². The summed E-state index contributed by atoms with van der Waals surface area (Å²) < 4.78 is 10.8. The van der Waals surface area contributed by atoms with Crippen molar-refractivity contribution in [3.63, 3.8) is 0 Å². The highest BCUT2D eigenvalue weighted by atomic mass is 16.7. The van der Waals surface area contributed by atoms with Crippen molar-refractivity contribution in [2.24, 2.45) is 0 Å². The Labute approximate surface area is 122 Å². The molecule has 0 amide bonds. The summed E-state index contributed by atoms with van der Waals surface area (Å²) >= 11 is 0. The quantitative estimate of drug-likeness (QED) is 0.897. The second kappa shape index (κ2) is 4.89. The summed E-state index contributed by atoms with van der Waals surface area (Å²) in [7, 11) is 0. The Kier molecular flexibility index (Phi) is 2.89. The number of hydrogen-bond acceptors (Lipinski definition) is 6. The summed E-state index contributed by atoms with van der Waals surface area (Å²) in [5.74, 6) is 2.27. The van der Waals surface area contributed by atoms with Crippen LogP contribution in [0.25, 0.3) is 0 Å². The van der Waals surface area contributed by atoms with Gasteiger partial charge in [0.05, 0.1) is 5.69 Å². The average molecular weight is 284 g/mol. The number of nitrogens with two attached hydrogens (primary N) is 1. The molecule has 0 fully saturated rings. The van der Waals surface area contributed by atoms with Gasteiger partial charge in [-0.15, -0.1) is 0 Å². The molecule has 4 rings (SSSR count). The van der Waals surface area contributed by atoms with Crippen LogP contribution in [0.2, 0.25) is 0 Å². The summed E-state index contributed by atoms with van der Waals surface area (Å²) in [4.78, 5) is 10.8. The molecule has 2 aliphatic heterocycles. The molecule has 0 radical (unpaired) electrons. The van der Waals surface area contributed by atoms with Gasteiger partial charge in [0.15, 0.2) is 11.5 Å². The van der Waals surface area contributed by atoms with E-state index in [2.05, 4.69) is 20.9 Å². The lowest BCUT2D eigenvalue weighted by Crippen LogP contribution is -2.31. The zero-order valence-corrected chi connectivity index (χ0v) is 11.6. The molecule has 0 unspecified atom stereocenters. The highest BCUT2D eigenvalue weighted by molar-refractivity contribution is 5.45. The number of rotatable bonds is 2. The lowest BCUT2D eigenvalue weighted by atomic mass is 10.0. The standard InChI is InChI=1S/C15H16N4O2/c16-15-11-3-4-19(7-12(11)17-8-18-15)6-10-1-2-13-14(5-10)21-9-20-13/h1-2,5,8H,3-4,6-7,9H2,(H2,16,17,18). The smallest absolute Gasteiger partial charge is 0.231 e. The van der Waals surface area contributed by atoms with Crippen molar-refractivity contribution in [3.05, 3.63) is 41.3 Å². The van der Waals surface area contributed by atoms with Gasteiger partial charge in [-0.3, -0.25) is 4.90 Å². The Balaban J connectivity index is 1.51. The molecular weight excluding hydrogens is 268 g/mol. The number of ether oxygens (including phenoxy) is 2. The molecule has 21 heavy (non-hydrogen) atoms. The second-order valence-electron chi connectivity index (χ2n) is 5.33. The second-order valence-corrected chi connectivity index (χ2v) is 5.33. The molecule has 6 heteroatoms. The first-order chi connectivity index (χ1) is 10.3. The molecule has 0 saturated carbocycles. The number of aromatic nitrogens is 2. The predicted octanol–water partition coefficient (Wildman–Crippen LogP) is 1.35. The average Bonchev–Trinajstić information content (AvgIpc) is 2.95. The summed E-state index contributed by atoms with van der Waals surface area (Å²) in [5, 5.41) is 0. The normalized spacial score (nSPS) is 16.8. The van der Waals surface area contributed by atoms with E-state index in [0.29, 0.717) is 12.6 Å². The van der Waals surface area contributed by atoms with Gasteiger partial charge in [0, 0.05) is 25.2 Å². The summed E-state index contributed by atoms with van der Waals surface area (Å²) in [6, 6.07) is 6.10. The van der Waals surface area contributed by atoms with Crippen LogP contribution >= 0.6 is 0 Å². The molecule has 0 aliphatic carbocycles. The van der Waals surface area contributed by atoms with E-state index in [4.69, 9.17) is 15.2 Å². The Morgan fingerprint density at radius 1 is 1.19 bits per heavy atom. The maximum atomic E-state index is 5.90. The zero-order valence-electron chi connectivity index (χ0n) is 11.6. The first-order valence-electron chi connectivity index (χ1n) is 6.99. The molecule has 0 bridgehead atoms. The molecule has 108 valence electrons. The number of hydrogen-bond donors (Lipinski definition) is 1. The number of nitrogens with zero attached hydrogens (tertiary/aromatic N) is 3. The fourth-order valence-corrected chi connectivity index (χ4v) is 2.87. The van der Waals surface area contributed by atoms with Crippen LogP contribution in [0, 0.1) is 0 Å². The predicted molar refractivity (Wildman–Crippen MR) is 76.8 cm³/mol. The first-order valence-corrected chi connectivity index (χ1v) is 6.99. The van der Waals surface area contributed by atoms with Crippen molar-refractivity contribution in [1.29, 1.82) is 0 Å². The molecule has 0 spiro atoms. The van der Waals surface area contributed by atoms with Gasteiger partial charge in [-0.2, -0.15) is 0 Å². The van der Waals surface area contributed by atoms with Crippen LogP contribution in [0.3, 0.4) is 0 Å². The molecule has 2 aliphatic rings. The zero-order chi connectivity index (χ0) is 14.2. The van der Waals surface area contributed by atoms with E-state index >= 15 is 0 Å². The summed E-state index contributed by atoms with van der Waals surface area (Å²) in [5.41, 5.74) is 9.25. The van der Waals surface area contributed by atoms with Gasteiger partial charge in [-0.25, -0.2) is 9.97 Å². The topological polar surface area (TPSA) is 73.5 Å². The lowest BCUT2D eigenvalue weighted by molar-refractivity contribution is 0.174. The Morgan fingerprint density at radius 3 is 3.05 bits per heavy atom. The molecule has 6 nitrogen and oxygen atoms in total. The fraction of sp³-hybridized carbons (Fsp3) is 0.333. The van der Waals surface area contributed by atoms with Crippen LogP contribution in [0.4, 0.5) is 5.82 Å². The van der Waals surface area contributed by atoms with Gasteiger partial charge in [0.25, 0.3) is 0 Å². The minimum atomic E-state index is 0.312. The monoisotopic (exact) mass is 284 g/mol. The maximum absolute atomic E-state index is 5.90. The van der Waals surface area contributed by atoms with Gasteiger partial charge < -0.3 is 15.2 Å². The molecule has 2 aromatic rings. The van der Waals surface area contributed by atoms with Gasteiger partial charge >= 0.3 is 0 Å². The van der Waals surface area contributed by atoms with Gasteiger partial charge in [0.2, 0.25) is 6.79 Å². The maximum Gasteiger partial charge on any atom is 0.231 e. The van der Waals surface area contributed by atoms with E-state index in [1.54, 1.807) is 0 Å². The van der Waals surface area contributed by atoms with E-state index in [0.717, 1.165) is 48.8 Å². The van der Waals surface area contributed by atoms with Crippen molar-refractivity contribution >= 4 is 5.82 Å². The third-order valence-corrected chi connectivity index (χ3v) is 3.96. The van der Waals surface area contributed by atoms with Crippen molar-refractivity contribution in [2.45, 2.75) is 19.5 Å². The van der Waals surface area contributed by atoms with Crippen LogP contribution in [-0.4, -0.2) is 28.2 Å². The third kappa shape index (κ3) is 2.27. The lowest BCUT2D eigenvalue weighted by Gasteiger charge is -2.28. The highest BCUT2D eigenvalue weighted by Crippen LogP contribution is 2.33. The molecule has 2 N–H and O–H groups in total. The van der Waals surface area contributed by atoms with E-state index in [1.165, 1.54) is 11.9 Å². The SMILES string of the molecule is Nc1ncnc2c1CCN(Cc1ccc3c(c1)OCO3)C2. The Hall–Kier alpha value is -2.34. The molecule has 0 atom stereocenters. The van der Waals surface area contributed by atoms with Crippen molar-refractivity contribution in [3.8, 4) is 11.5 Å². The number of benzene rings is 1. The van der Waals surface area contributed by atoms with E-state index in [9.17, 15) is 0 Å². The van der Waals surface area contributed by atoms with Crippen LogP contribution in [0.5, 0.6) is 11.5 Å². The van der Waals surface area contributed by atoms with E-state index < -0.39 is 0 Å². The number of nitrogen functional groups attached to an aromatic ring is 1. The molecule has 0 saturated heterocycles. The van der Waals surface area contributed by atoms with Gasteiger partial charge in [-0.05, 0) is 24.1 Å². The summed E-state index contributed by atoms with van der Waals surface area (Å²) in [6.07, 6.45) is 2.44. The highest BCUT2D eigenvalue weighted by Gasteiger charge is 2.21. The first kappa shape index (κ1) is 12.4. The molecule has 3 heterocycles. The van der Waals surface area contributed by atoms with Gasteiger partial charge in [-0.1, -0.05) is 6.07 Å². The minimum Gasteiger partial charge on any atom is -0.454 e. The fourth-order valence-electron chi connectivity index (χ4n) is 2.87. The van der Waals surface area contributed by atoms with Crippen LogP contribution < -0.4 is 15.2 Å². The summed E-state index contributed by atoms with van der Waals surface area (Å²) in [6.45, 7) is 2.93. The van der Waals surface area contributed by atoms with Crippen LogP contribution in [0.15, 0.2) is 24.5 Å². The van der Waals surface area contributed by atoms with Gasteiger partial charge in [0.1, 0.15) is 12.1 Å². The largest absolute Gasteiger partial charge is 0.454 e. The van der Waals surface area contributed by atoms with E-state index in [-0.39, 0.29) is 0 Å². The molecular formula is C15H16N4O2. The van der Waals surface area contributed by atoms with Crippen molar-refractivity contribution < 1.29 is 9.47 Å². The number of anilines is 1. The van der Waals surface area contributed by atoms with Crippen molar-refractivity contribution in [2.75, 3.05) is 19.1 Å². The van der Waals surface area contributed by atoms with Crippen molar-refractivity contribution in [1.82, 2.24) is 14.9 Å². The van der Waals surface area contributed by atoms with Crippen LogP contribution in [-0.2, 0) is 19.5 Å². The molecule has 1 aromatic carbocycles. The Bertz CT molecular complexity index is 689.